The van der Waals surface area contributed by atoms with Crippen LogP contribution in [0.2, 0.25) is 0 Å². The van der Waals surface area contributed by atoms with Crippen molar-refractivity contribution >= 4 is 28.5 Å². The summed E-state index contributed by atoms with van der Waals surface area (Å²) in [7, 11) is 0. The van der Waals surface area contributed by atoms with Gasteiger partial charge in [0, 0.05) is 12.2 Å². The van der Waals surface area contributed by atoms with Crippen LogP contribution >= 0.6 is 0 Å². The molecule has 1 aromatic heterocycles. The third kappa shape index (κ3) is 5.63. The van der Waals surface area contributed by atoms with Crippen molar-refractivity contribution in [3.63, 3.8) is 0 Å². The lowest BCUT2D eigenvalue weighted by molar-refractivity contribution is 0.0505. The molecule has 32 heavy (non-hydrogen) atoms. The molecule has 168 valence electrons. The van der Waals surface area contributed by atoms with Gasteiger partial charge in [-0.3, -0.25) is 9.59 Å². The zero-order valence-electron chi connectivity index (χ0n) is 18.7. The second kappa shape index (κ2) is 11.3. The van der Waals surface area contributed by atoms with Crippen molar-refractivity contribution in [3.05, 3.63) is 76.1 Å². The monoisotopic (exact) mass is 434 g/mol. The lowest BCUT2D eigenvalue weighted by atomic mass is 10.1. The maximum atomic E-state index is 13.2. The van der Waals surface area contributed by atoms with Gasteiger partial charge in [0.15, 0.2) is 0 Å². The lowest BCUT2D eigenvalue weighted by Crippen LogP contribution is -2.29. The molecular weight excluding hydrogens is 404 g/mol. The van der Waals surface area contributed by atoms with Crippen molar-refractivity contribution in [3.8, 4) is 0 Å². The minimum atomic E-state index is -0.468. The average Bonchev–Trinajstić information content (AvgIpc) is 2.81. The number of amides is 1. The Morgan fingerprint density at radius 3 is 2.41 bits per heavy atom. The molecule has 6 heteroatoms. The number of rotatable bonds is 10. The quantitative estimate of drug-likeness (QED) is 0.342. The summed E-state index contributed by atoms with van der Waals surface area (Å²) < 4.78 is 6.82. The number of anilines is 1. The van der Waals surface area contributed by atoms with Gasteiger partial charge in [-0.15, -0.1) is 0 Å². The summed E-state index contributed by atoms with van der Waals surface area (Å²) >= 11 is 0. The summed E-state index contributed by atoms with van der Waals surface area (Å²) in [5.74, 6) is -0.866. The molecule has 0 aliphatic carbocycles. The summed E-state index contributed by atoms with van der Waals surface area (Å²) in [5, 5.41) is 3.62. The minimum absolute atomic E-state index is 0.102. The zero-order valence-corrected chi connectivity index (χ0v) is 18.7. The number of pyridine rings is 1. The molecule has 3 rings (SSSR count). The number of hydrogen-bond donors (Lipinski definition) is 1. The second-order valence-electron chi connectivity index (χ2n) is 7.80. The predicted molar refractivity (Wildman–Crippen MR) is 127 cm³/mol. The SMILES string of the molecule is CCCCCCn1c(=O)c(C(=O)Nc2ccc(C(=O)OCCC)cc2)cc2ccccc21. The lowest BCUT2D eigenvalue weighted by Gasteiger charge is -2.13. The highest BCUT2D eigenvalue weighted by molar-refractivity contribution is 6.06. The van der Waals surface area contributed by atoms with E-state index in [4.69, 9.17) is 4.74 Å². The van der Waals surface area contributed by atoms with Crippen molar-refractivity contribution in [2.45, 2.75) is 52.5 Å². The number of aromatic nitrogens is 1. The molecule has 0 radical (unpaired) electrons. The van der Waals surface area contributed by atoms with Crippen LogP contribution in [-0.4, -0.2) is 23.1 Å². The number of benzene rings is 2. The first kappa shape index (κ1) is 23.3. The average molecular weight is 435 g/mol. The Kier molecular flexibility index (Phi) is 8.20. The Bertz CT molecular complexity index is 1130. The molecule has 2 aromatic carbocycles. The van der Waals surface area contributed by atoms with E-state index in [1.807, 2.05) is 31.2 Å². The number of fused-ring (bicyclic) bond motifs is 1. The predicted octanol–water partition coefficient (Wildman–Crippen LogP) is 5.40. The van der Waals surface area contributed by atoms with E-state index < -0.39 is 11.9 Å². The molecule has 0 saturated heterocycles. The molecule has 1 amide bonds. The van der Waals surface area contributed by atoms with E-state index in [1.54, 1.807) is 34.9 Å². The molecule has 0 bridgehead atoms. The first-order valence-electron chi connectivity index (χ1n) is 11.3. The smallest absolute Gasteiger partial charge is 0.338 e. The third-order valence-corrected chi connectivity index (χ3v) is 5.30. The minimum Gasteiger partial charge on any atom is -0.462 e. The number of ether oxygens (including phenoxy) is 1. The Morgan fingerprint density at radius 2 is 1.69 bits per heavy atom. The fourth-order valence-electron chi connectivity index (χ4n) is 3.57. The highest BCUT2D eigenvalue weighted by Gasteiger charge is 2.16. The van der Waals surface area contributed by atoms with Gasteiger partial charge >= 0.3 is 5.97 Å². The molecule has 0 fully saturated rings. The maximum absolute atomic E-state index is 13.2. The van der Waals surface area contributed by atoms with Gasteiger partial charge in [-0.05, 0) is 54.6 Å². The van der Waals surface area contributed by atoms with Gasteiger partial charge in [0.2, 0.25) is 0 Å². The van der Waals surface area contributed by atoms with Gasteiger partial charge < -0.3 is 14.6 Å². The summed E-state index contributed by atoms with van der Waals surface area (Å²) in [5.41, 5.74) is 1.56. The molecule has 0 atom stereocenters. The highest BCUT2D eigenvalue weighted by Crippen LogP contribution is 2.17. The van der Waals surface area contributed by atoms with Crippen LogP contribution < -0.4 is 10.9 Å². The number of esters is 1. The van der Waals surface area contributed by atoms with Crippen LogP contribution in [0.5, 0.6) is 0 Å². The molecule has 0 aliphatic rings. The van der Waals surface area contributed by atoms with Crippen molar-refractivity contribution in [2.24, 2.45) is 0 Å². The van der Waals surface area contributed by atoms with Crippen LogP contribution in [0.15, 0.2) is 59.4 Å². The van der Waals surface area contributed by atoms with Gasteiger partial charge in [-0.2, -0.15) is 0 Å². The van der Waals surface area contributed by atoms with Crippen LogP contribution in [0, 0.1) is 0 Å². The fraction of sp³-hybridized carbons (Fsp3) is 0.346. The molecule has 3 aromatic rings. The van der Waals surface area contributed by atoms with Crippen LogP contribution in [0.3, 0.4) is 0 Å². The number of carbonyl (C=O) groups is 2. The van der Waals surface area contributed by atoms with Gasteiger partial charge in [0.05, 0.1) is 17.7 Å². The van der Waals surface area contributed by atoms with Crippen LogP contribution in [0.1, 0.15) is 66.7 Å². The third-order valence-electron chi connectivity index (χ3n) is 5.30. The topological polar surface area (TPSA) is 77.4 Å². The Balaban J connectivity index is 1.82. The standard InChI is InChI=1S/C26H30N2O4/c1-3-5-6-9-16-28-23-11-8-7-10-20(23)18-22(25(28)30)24(29)27-21-14-12-19(13-15-21)26(31)32-17-4-2/h7-8,10-15,18H,3-6,9,16-17H2,1-2H3,(H,27,29). The van der Waals surface area contributed by atoms with E-state index in [2.05, 4.69) is 12.2 Å². The molecule has 0 aliphatic heterocycles. The molecule has 0 saturated carbocycles. The number of carbonyl (C=O) groups excluding carboxylic acids is 2. The van der Waals surface area contributed by atoms with Crippen molar-refractivity contribution in [2.75, 3.05) is 11.9 Å². The van der Waals surface area contributed by atoms with E-state index in [1.165, 1.54) is 0 Å². The zero-order chi connectivity index (χ0) is 22.9. The Morgan fingerprint density at radius 1 is 0.938 bits per heavy atom. The van der Waals surface area contributed by atoms with Gasteiger partial charge in [0.25, 0.3) is 11.5 Å². The van der Waals surface area contributed by atoms with Crippen molar-refractivity contribution in [1.29, 1.82) is 0 Å². The van der Waals surface area contributed by atoms with Gasteiger partial charge in [-0.25, -0.2) is 4.79 Å². The fourth-order valence-corrected chi connectivity index (χ4v) is 3.57. The molecule has 1 heterocycles. The maximum Gasteiger partial charge on any atom is 0.338 e. The summed E-state index contributed by atoms with van der Waals surface area (Å²) in [4.78, 5) is 38.1. The highest BCUT2D eigenvalue weighted by atomic mass is 16.5. The molecule has 0 unspecified atom stereocenters. The summed E-state index contributed by atoms with van der Waals surface area (Å²) in [6.45, 7) is 5.02. The van der Waals surface area contributed by atoms with E-state index >= 15 is 0 Å². The Labute approximate surface area is 188 Å². The first-order chi connectivity index (χ1) is 15.5. The van der Waals surface area contributed by atoms with Crippen LogP contribution in [-0.2, 0) is 11.3 Å². The van der Waals surface area contributed by atoms with E-state index in [0.29, 0.717) is 24.4 Å². The number of nitrogens with one attached hydrogen (secondary N) is 1. The van der Waals surface area contributed by atoms with E-state index in [9.17, 15) is 14.4 Å². The molecular formula is C26H30N2O4. The van der Waals surface area contributed by atoms with Crippen molar-refractivity contribution < 1.29 is 14.3 Å². The van der Waals surface area contributed by atoms with Crippen molar-refractivity contribution in [1.82, 2.24) is 4.57 Å². The normalized spacial score (nSPS) is 10.8. The number of unbranched alkanes of at least 4 members (excludes halogenated alkanes) is 3. The Hall–Kier alpha value is -3.41. The number of nitrogens with zero attached hydrogens (tertiary/aromatic N) is 1. The van der Waals surface area contributed by atoms with Gasteiger partial charge in [-0.1, -0.05) is 51.3 Å². The number of aryl methyl sites for hydroxylation is 1. The molecule has 6 nitrogen and oxygen atoms in total. The van der Waals surface area contributed by atoms with E-state index in [-0.39, 0.29) is 11.1 Å². The number of hydrogen-bond acceptors (Lipinski definition) is 4. The summed E-state index contributed by atoms with van der Waals surface area (Å²) in [6, 6.07) is 15.7. The molecule has 0 spiro atoms. The van der Waals surface area contributed by atoms with E-state index in [0.717, 1.165) is 43.0 Å². The van der Waals surface area contributed by atoms with Crippen LogP contribution in [0.25, 0.3) is 10.9 Å². The van der Waals surface area contributed by atoms with Crippen LogP contribution in [0.4, 0.5) is 5.69 Å². The van der Waals surface area contributed by atoms with Gasteiger partial charge in [0.1, 0.15) is 5.56 Å². The summed E-state index contributed by atoms with van der Waals surface area (Å²) in [6.07, 6.45) is 4.92. The largest absolute Gasteiger partial charge is 0.462 e. The first-order valence-corrected chi connectivity index (χ1v) is 11.3. The number of para-hydroxylation sites is 1. The second-order valence-corrected chi connectivity index (χ2v) is 7.80. The molecule has 1 N–H and O–H groups in total.